The first-order chi connectivity index (χ1) is 11.6. The molecule has 0 aromatic heterocycles. The van der Waals surface area contributed by atoms with Gasteiger partial charge in [-0.3, -0.25) is 4.90 Å². The van der Waals surface area contributed by atoms with Gasteiger partial charge in [-0.25, -0.2) is 13.1 Å². The van der Waals surface area contributed by atoms with Crippen molar-refractivity contribution in [2.75, 3.05) is 45.0 Å². The van der Waals surface area contributed by atoms with Crippen LogP contribution in [0.3, 0.4) is 0 Å². The van der Waals surface area contributed by atoms with Crippen molar-refractivity contribution in [1.82, 2.24) is 14.5 Å². The largest absolute Gasteiger partial charge is 0.301 e. The van der Waals surface area contributed by atoms with Crippen LogP contribution in [0.2, 0.25) is 0 Å². The van der Waals surface area contributed by atoms with E-state index in [1.807, 2.05) is 25.1 Å². The van der Waals surface area contributed by atoms with Gasteiger partial charge in [0.1, 0.15) is 0 Å². The van der Waals surface area contributed by atoms with E-state index >= 15 is 0 Å². The summed E-state index contributed by atoms with van der Waals surface area (Å²) in [5, 5.41) is 0. The van der Waals surface area contributed by atoms with Crippen molar-refractivity contribution >= 4 is 10.0 Å². The van der Waals surface area contributed by atoms with Crippen molar-refractivity contribution in [1.29, 1.82) is 0 Å². The minimum Gasteiger partial charge on any atom is -0.301 e. The van der Waals surface area contributed by atoms with E-state index in [9.17, 15) is 8.42 Å². The molecule has 1 aliphatic rings. The summed E-state index contributed by atoms with van der Waals surface area (Å²) in [7, 11) is -3.19. The van der Waals surface area contributed by atoms with Crippen LogP contribution in [-0.2, 0) is 10.0 Å². The molecule has 1 unspecified atom stereocenters. The van der Waals surface area contributed by atoms with Gasteiger partial charge in [-0.05, 0) is 18.5 Å². The number of benzene rings is 1. The van der Waals surface area contributed by atoms with Crippen LogP contribution < -0.4 is 4.72 Å². The molecule has 0 radical (unpaired) electrons. The van der Waals surface area contributed by atoms with Gasteiger partial charge in [-0.1, -0.05) is 50.6 Å². The summed E-state index contributed by atoms with van der Waals surface area (Å²) in [5.74, 6) is 0.217. The molecule has 1 N–H and O–H groups in total. The molecule has 1 aliphatic heterocycles. The number of hydrogen-bond acceptors (Lipinski definition) is 4. The summed E-state index contributed by atoms with van der Waals surface area (Å²) in [6.45, 7) is 9.76. The quantitative estimate of drug-likeness (QED) is 0.739. The van der Waals surface area contributed by atoms with Crippen LogP contribution in [0.5, 0.6) is 0 Å². The maximum atomic E-state index is 12.2. The number of nitrogens with one attached hydrogen (secondary N) is 1. The van der Waals surface area contributed by atoms with Gasteiger partial charge in [-0.2, -0.15) is 0 Å². The van der Waals surface area contributed by atoms with Crippen molar-refractivity contribution in [3.63, 3.8) is 0 Å². The van der Waals surface area contributed by atoms with Crippen molar-refractivity contribution in [3.05, 3.63) is 35.9 Å². The summed E-state index contributed by atoms with van der Waals surface area (Å²) in [6.07, 6.45) is 1.60. The van der Waals surface area contributed by atoms with Gasteiger partial charge in [0.2, 0.25) is 10.0 Å². The molecule has 6 heteroatoms. The average Bonchev–Trinajstić information content (AvgIpc) is 2.61. The lowest BCUT2D eigenvalue weighted by Gasteiger charge is -2.39. The topological polar surface area (TPSA) is 52.7 Å². The zero-order chi connectivity index (χ0) is 17.4. The summed E-state index contributed by atoms with van der Waals surface area (Å²) < 4.78 is 27.2. The molecule has 0 bridgehead atoms. The predicted molar refractivity (Wildman–Crippen MR) is 99.6 cm³/mol. The Hall–Kier alpha value is -0.950. The lowest BCUT2D eigenvalue weighted by atomic mass is 10.0. The number of sulfonamides is 1. The average molecular weight is 354 g/mol. The van der Waals surface area contributed by atoms with E-state index in [4.69, 9.17) is 0 Å². The second-order valence-corrected chi connectivity index (χ2v) is 8.34. The number of unbranched alkanes of at least 4 members (excludes halogenated alkanes) is 1. The highest BCUT2D eigenvalue weighted by atomic mass is 32.2. The van der Waals surface area contributed by atoms with E-state index < -0.39 is 10.0 Å². The van der Waals surface area contributed by atoms with E-state index in [1.54, 1.807) is 0 Å². The molecular formula is C18H31N3O2S. The third-order valence-corrected chi connectivity index (χ3v) is 6.18. The van der Waals surface area contributed by atoms with E-state index in [2.05, 4.69) is 33.6 Å². The molecule has 1 aromatic carbocycles. The van der Waals surface area contributed by atoms with Crippen molar-refractivity contribution in [2.24, 2.45) is 0 Å². The monoisotopic (exact) mass is 353 g/mol. The third-order valence-electron chi connectivity index (χ3n) is 4.74. The summed E-state index contributed by atoms with van der Waals surface area (Å²) in [6, 6.07) is 10.3. The molecule has 0 amide bonds. The van der Waals surface area contributed by atoms with Crippen LogP contribution in [0.15, 0.2) is 30.3 Å². The second kappa shape index (κ2) is 9.51. The molecule has 1 aromatic rings. The van der Waals surface area contributed by atoms with Crippen LogP contribution in [0.1, 0.15) is 38.3 Å². The van der Waals surface area contributed by atoms with Gasteiger partial charge < -0.3 is 4.90 Å². The lowest BCUT2D eigenvalue weighted by molar-refractivity contribution is 0.100. The van der Waals surface area contributed by atoms with Gasteiger partial charge in [0.15, 0.2) is 0 Å². The zero-order valence-electron chi connectivity index (χ0n) is 14.9. The van der Waals surface area contributed by atoms with Crippen molar-refractivity contribution in [2.45, 2.75) is 32.7 Å². The maximum Gasteiger partial charge on any atom is 0.211 e. The second-order valence-electron chi connectivity index (χ2n) is 6.42. The van der Waals surface area contributed by atoms with E-state index in [0.29, 0.717) is 13.0 Å². The summed E-state index contributed by atoms with van der Waals surface area (Å²) in [4.78, 5) is 4.84. The lowest BCUT2D eigenvalue weighted by Crippen LogP contribution is -2.49. The Morgan fingerprint density at radius 3 is 2.33 bits per heavy atom. The van der Waals surface area contributed by atoms with Crippen LogP contribution in [0.4, 0.5) is 0 Å². The van der Waals surface area contributed by atoms with Gasteiger partial charge in [-0.15, -0.1) is 0 Å². The van der Waals surface area contributed by atoms with Crippen LogP contribution in [0.25, 0.3) is 0 Å². The van der Waals surface area contributed by atoms with E-state index in [1.165, 1.54) is 5.56 Å². The first kappa shape index (κ1) is 19.4. The highest BCUT2D eigenvalue weighted by molar-refractivity contribution is 7.89. The number of piperazine rings is 1. The first-order valence-corrected chi connectivity index (χ1v) is 10.7. The Balaban J connectivity index is 2.04. The van der Waals surface area contributed by atoms with Crippen molar-refractivity contribution in [3.8, 4) is 0 Å². The molecular weight excluding hydrogens is 322 g/mol. The Morgan fingerprint density at radius 2 is 1.75 bits per heavy atom. The van der Waals surface area contributed by atoms with Crippen LogP contribution >= 0.6 is 0 Å². The van der Waals surface area contributed by atoms with Gasteiger partial charge in [0, 0.05) is 38.8 Å². The number of rotatable bonds is 9. The Labute approximate surface area is 147 Å². The van der Waals surface area contributed by atoms with Crippen LogP contribution in [0, 0.1) is 0 Å². The van der Waals surface area contributed by atoms with E-state index in [-0.39, 0.29) is 11.8 Å². The maximum absolute atomic E-state index is 12.2. The van der Waals surface area contributed by atoms with Gasteiger partial charge in [0.25, 0.3) is 0 Å². The Kier molecular flexibility index (Phi) is 7.68. The molecule has 1 heterocycles. The predicted octanol–water partition coefficient (Wildman–Crippen LogP) is 2.08. The normalized spacial score (nSPS) is 18.6. The fourth-order valence-electron chi connectivity index (χ4n) is 3.14. The molecule has 1 fully saturated rings. The molecule has 2 rings (SSSR count). The van der Waals surface area contributed by atoms with Crippen LogP contribution in [-0.4, -0.2) is 63.2 Å². The fraction of sp³-hybridized carbons (Fsp3) is 0.667. The summed E-state index contributed by atoms with van der Waals surface area (Å²) >= 11 is 0. The van der Waals surface area contributed by atoms with Crippen molar-refractivity contribution < 1.29 is 8.42 Å². The highest BCUT2D eigenvalue weighted by Crippen LogP contribution is 2.22. The minimum absolute atomic E-state index is 0.0987. The summed E-state index contributed by atoms with van der Waals surface area (Å²) in [5.41, 5.74) is 1.18. The van der Waals surface area contributed by atoms with Gasteiger partial charge >= 0.3 is 0 Å². The molecule has 0 saturated carbocycles. The molecule has 5 nitrogen and oxygen atoms in total. The molecule has 24 heavy (non-hydrogen) atoms. The highest BCUT2D eigenvalue weighted by Gasteiger charge is 2.25. The standard InChI is InChI=1S/C18H31N3O2S/c1-3-5-15-24(22,23)19-16-18(17-9-7-6-8-10-17)21-13-11-20(4-2)12-14-21/h6-10,18-19H,3-5,11-16H2,1-2H3. The molecule has 1 atom stereocenters. The molecule has 1 saturated heterocycles. The van der Waals surface area contributed by atoms with E-state index in [0.717, 1.165) is 39.1 Å². The minimum atomic E-state index is -3.19. The first-order valence-electron chi connectivity index (χ1n) is 9.04. The SMILES string of the molecule is CCCCS(=O)(=O)NCC(c1ccccc1)N1CCN(CC)CC1. The Bertz CT molecular complexity index is 569. The molecule has 0 spiro atoms. The molecule has 0 aliphatic carbocycles. The number of nitrogens with zero attached hydrogens (tertiary/aromatic N) is 2. The van der Waals surface area contributed by atoms with Gasteiger partial charge in [0.05, 0.1) is 5.75 Å². The molecule has 136 valence electrons. The number of hydrogen-bond donors (Lipinski definition) is 1. The fourth-order valence-corrected chi connectivity index (χ4v) is 4.36. The third kappa shape index (κ3) is 5.84. The smallest absolute Gasteiger partial charge is 0.211 e. The number of likely N-dealkylation sites (N-methyl/N-ethyl adjacent to an activating group) is 1. The Morgan fingerprint density at radius 1 is 1.08 bits per heavy atom. The zero-order valence-corrected chi connectivity index (χ0v) is 15.8.